The lowest BCUT2D eigenvalue weighted by molar-refractivity contribution is 0.0544. The van der Waals surface area contributed by atoms with Crippen molar-refractivity contribution in [3.8, 4) is 6.07 Å². The third-order valence-electron chi connectivity index (χ3n) is 4.47. The van der Waals surface area contributed by atoms with Gasteiger partial charge in [0, 0.05) is 41.4 Å². The lowest BCUT2D eigenvalue weighted by atomic mass is 9.74. The van der Waals surface area contributed by atoms with E-state index >= 15 is 0 Å². The highest BCUT2D eigenvalue weighted by Gasteiger charge is 2.36. The SMILES string of the molecule is N#Cc1cccnc1NCC1(c2ccc(Cl)cc2Cl)CCOCC1. The summed E-state index contributed by atoms with van der Waals surface area (Å²) >= 11 is 12.5. The third-order valence-corrected chi connectivity index (χ3v) is 5.02. The number of rotatable bonds is 4. The van der Waals surface area contributed by atoms with Crippen LogP contribution in [0.3, 0.4) is 0 Å². The van der Waals surface area contributed by atoms with E-state index in [0.29, 0.717) is 41.2 Å². The molecular weight excluding hydrogens is 345 g/mol. The maximum atomic E-state index is 9.23. The molecular formula is C18H17Cl2N3O. The Kier molecular flexibility index (Phi) is 5.25. The monoisotopic (exact) mass is 361 g/mol. The van der Waals surface area contributed by atoms with Crippen LogP contribution in [0.25, 0.3) is 0 Å². The van der Waals surface area contributed by atoms with Crippen LogP contribution < -0.4 is 5.32 Å². The Morgan fingerprint density at radius 3 is 2.75 bits per heavy atom. The van der Waals surface area contributed by atoms with Crippen LogP contribution in [0.1, 0.15) is 24.0 Å². The first-order valence-corrected chi connectivity index (χ1v) is 8.52. The number of anilines is 1. The van der Waals surface area contributed by atoms with E-state index in [9.17, 15) is 5.26 Å². The molecule has 0 unspecified atom stereocenters. The number of hydrogen-bond acceptors (Lipinski definition) is 4. The molecule has 1 aromatic carbocycles. The maximum absolute atomic E-state index is 9.23. The van der Waals surface area contributed by atoms with Crippen molar-refractivity contribution in [2.75, 3.05) is 25.1 Å². The minimum absolute atomic E-state index is 0.176. The molecule has 0 radical (unpaired) electrons. The van der Waals surface area contributed by atoms with E-state index in [4.69, 9.17) is 27.9 Å². The van der Waals surface area contributed by atoms with Crippen LogP contribution in [-0.4, -0.2) is 24.7 Å². The molecule has 1 aliphatic heterocycles. The Bertz CT molecular complexity index is 767. The van der Waals surface area contributed by atoms with Crippen LogP contribution in [0.15, 0.2) is 36.5 Å². The van der Waals surface area contributed by atoms with Gasteiger partial charge in [0.1, 0.15) is 11.9 Å². The third kappa shape index (κ3) is 3.49. The van der Waals surface area contributed by atoms with Crippen LogP contribution in [0, 0.1) is 11.3 Å². The summed E-state index contributed by atoms with van der Waals surface area (Å²) in [6.45, 7) is 1.98. The van der Waals surface area contributed by atoms with Gasteiger partial charge in [0.05, 0.1) is 5.56 Å². The van der Waals surface area contributed by atoms with E-state index in [-0.39, 0.29) is 5.41 Å². The van der Waals surface area contributed by atoms with Crippen LogP contribution in [0.5, 0.6) is 0 Å². The lowest BCUT2D eigenvalue weighted by Gasteiger charge is -2.38. The zero-order valence-electron chi connectivity index (χ0n) is 13.1. The molecule has 1 N–H and O–H groups in total. The van der Waals surface area contributed by atoms with Crippen LogP contribution in [0.2, 0.25) is 10.0 Å². The average molecular weight is 362 g/mol. The fraction of sp³-hybridized carbons (Fsp3) is 0.333. The van der Waals surface area contributed by atoms with E-state index in [2.05, 4.69) is 16.4 Å². The van der Waals surface area contributed by atoms with Gasteiger partial charge in [-0.3, -0.25) is 0 Å². The molecule has 124 valence electrons. The van der Waals surface area contributed by atoms with Crippen LogP contribution in [0.4, 0.5) is 5.82 Å². The van der Waals surface area contributed by atoms with Gasteiger partial charge in [-0.1, -0.05) is 29.3 Å². The number of ether oxygens (including phenoxy) is 1. The highest BCUT2D eigenvalue weighted by Crippen LogP contribution is 2.39. The molecule has 4 nitrogen and oxygen atoms in total. The molecule has 0 bridgehead atoms. The van der Waals surface area contributed by atoms with Crippen molar-refractivity contribution in [2.45, 2.75) is 18.3 Å². The maximum Gasteiger partial charge on any atom is 0.143 e. The van der Waals surface area contributed by atoms with Crippen LogP contribution >= 0.6 is 23.2 Å². The molecule has 3 rings (SSSR count). The Morgan fingerprint density at radius 2 is 2.04 bits per heavy atom. The van der Waals surface area contributed by atoms with Crippen molar-refractivity contribution in [2.24, 2.45) is 0 Å². The minimum Gasteiger partial charge on any atom is -0.381 e. The Labute approximate surface area is 151 Å². The highest BCUT2D eigenvalue weighted by atomic mass is 35.5. The van der Waals surface area contributed by atoms with Gasteiger partial charge in [0.25, 0.3) is 0 Å². The van der Waals surface area contributed by atoms with E-state index in [1.165, 1.54) is 0 Å². The predicted molar refractivity (Wildman–Crippen MR) is 95.6 cm³/mol. The van der Waals surface area contributed by atoms with Gasteiger partial charge in [-0.2, -0.15) is 5.26 Å². The van der Waals surface area contributed by atoms with Gasteiger partial charge in [-0.15, -0.1) is 0 Å². The minimum atomic E-state index is -0.176. The quantitative estimate of drug-likeness (QED) is 0.875. The van der Waals surface area contributed by atoms with E-state index in [1.807, 2.05) is 12.1 Å². The first-order chi connectivity index (χ1) is 11.6. The summed E-state index contributed by atoms with van der Waals surface area (Å²) in [7, 11) is 0. The fourth-order valence-corrected chi connectivity index (χ4v) is 3.72. The molecule has 2 aromatic rings. The van der Waals surface area contributed by atoms with Crippen molar-refractivity contribution < 1.29 is 4.74 Å². The number of nitriles is 1. The summed E-state index contributed by atoms with van der Waals surface area (Å²) in [5.74, 6) is 0.593. The number of aromatic nitrogens is 1. The topological polar surface area (TPSA) is 57.9 Å². The number of nitrogens with one attached hydrogen (secondary N) is 1. The second-order valence-corrected chi connectivity index (χ2v) is 6.73. The summed E-state index contributed by atoms with van der Waals surface area (Å²) in [5, 5.41) is 13.8. The Balaban J connectivity index is 1.91. The zero-order chi connectivity index (χ0) is 17.0. The summed E-state index contributed by atoms with van der Waals surface area (Å²) in [6, 6.07) is 11.3. The normalized spacial score (nSPS) is 16.4. The molecule has 0 atom stereocenters. The smallest absolute Gasteiger partial charge is 0.143 e. The summed E-state index contributed by atoms with van der Waals surface area (Å²) in [5.41, 5.74) is 1.41. The van der Waals surface area contributed by atoms with Crippen LogP contribution in [-0.2, 0) is 10.2 Å². The van der Waals surface area contributed by atoms with Gasteiger partial charge in [-0.25, -0.2) is 4.98 Å². The largest absolute Gasteiger partial charge is 0.381 e. The van der Waals surface area contributed by atoms with Crippen molar-refractivity contribution >= 4 is 29.0 Å². The highest BCUT2D eigenvalue weighted by molar-refractivity contribution is 6.35. The standard InChI is InChI=1S/C18H17Cl2N3O/c19-14-3-4-15(16(20)10-14)18(5-8-24-9-6-18)12-23-17-13(11-21)2-1-7-22-17/h1-4,7,10H,5-6,8-9,12H2,(H,22,23). The molecule has 2 heterocycles. The molecule has 1 saturated heterocycles. The number of halogens is 2. The number of pyridine rings is 1. The molecule has 1 fully saturated rings. The van der Waals surface area contributed by atoms with E-state index < -0.39 is 0 Å². The van der Waals surface area contributed by atoms with E-state index in [0.717, 1.165) is 18.4 Å². The first kappa shape index (κ1) is 17.0. The second-order valence-electron chi connectivity index (χ2n) is 5.88. The Hall–Kier alpha value is -1.80. The summed E-state index contributed by atoms with van der Waals surface area (Å²) < 4.78 is 5.54. The van der Waals surface area contributed by atoms with Gasteiger partial charge >= 0.3 is 0 Å². The first-order valence-electron chi connectivity index (χ1n) is 7.77. The predicted octanol–water partition coefficient (Wildman–Crippen LogP) is 4.42. The van der Waals surface area contributed by atoms with E-state index in [1.54, 1.807) is 24.4 Å². The number of nitrogens with zero attached hydrogens (tertiary/aromatic N) is 2. The molecule has 24 heavy (non-hydrogen) atoms. The number of hydrogen-bond donors (Lipinski definition) is 1. The lowest BCUT2D eigenvalue weighted by Crippen LogP contribution is -2.40. The van der Waals surface area contributed by atoms with Gasteiger partial charge in [0.2, 0.25) is 0 Å². The summed E-state index contributed by atoms with van der Waals surface area (Å²) in [6.07, 6.45) is 3.36. The molecule has 0 aliphatic carbocycles. The molecule has 0 saturated carbocycles. The van der Waals surface area contributed by atoms with Crippen molar-refractivity contribution in [1.29, 1.82) is 5.26 Å². The molecule has 1 aliphatic rings. The Morgan fingerprint density at radius 1 is 1.25 bits per heavy atom. The fourth-order valence-electron chi connectivity index (χ4n) is 3.11. The molecule has 1 aromatic heterocycles. The van der Waals surface area contributed by atoms with Gasteiger partial charge < -0.3 is 10.1 Å². The second kappa shape index (κ2) is 7.40. The zero-order valence-corrected chi connectivity index (χ0v) is 14.6. The van der Waals surface area contributed by atoms with Gasteiger partial charge in [0.15, 0.2) is 0 Å². The molecule has 0 amide bonds. The van der Waals surface area contributed by atoms with Crippen molar-refractivity contribution in [3.05, 3.63) is 57.7 Å². The molecule has 6 heteroatoms. The summed E-state index contributed by atoms with van der Waals surface area (Å²) in [4.78, 5) is 4.28. The average Bonchev–Trinajstić information content (AvgIpc) is 2.61. The number of benzene rings is 1. The molecule has 0 spiro atoms. The van der Waals surface area contributed by atoms with Gasteiger partial charge in [-0.05, 0) is 42.7 Å². The van der Waals surface area contributed by atoms with Crippen molar-refractivity contribution in [3.63, 3.8) is 0 Å². The van der Waals surface area contributed by atoms with Crippen molar-refractivity contribution in [1.82, 2.24) is 4.98 Å².